The van der Waals surface area contributed by atoms with Crippen molar-refractivity contribution in [1.29, 1.82) is 0 Å². The Morgan fingerprint density at radius 1 is 0.852 bits per heavy atom. The van der Waals surface area contributed by atoms with Crippen molar-refractivity contribution in [1.82, 2.24) is 0 Å². The van der Waals surface area contributed by atoms with Gasteiger partial charge >= 0.3 is 11.9 Å². The highest BCUT2D eigenvalue weighted by molar-refractivity contribution is 5.81. The van der Waals surface area contributed by atoms with Gasteiger partial charge in [0.2, 0.25) is 0 Å². The second-order valence-electron chi connectivity index (χ2n) is 6.31. The molecule has 8 nitrogen and oxygen atoms in total. The van der Waals surface area contributed by atoms with Gasteiger partial charge < -0.3 is 28.8 Å². The zero-order chi connectivity index (χ0) is 20.5. The smallest absolute Gasteiger partial charge is 0.330 e. The van der Waals surface area contributed by atoms with Crippen LogP contribution in [0, 0.1) is 5.41 Å². The van der Waals surface area contributed by atoms with Crippen LogP contribution < -0.4 is 0 Å². The number of carbonyl (C=O) groups is 2. The molecule has 0 saturated heterocycles. The fourth-order valence-electron chi connectivity index (χ4n) is 1.86. The maximum atomic E-state index is 10.8. The van der Waals surface area contributed by atoms with E-state index in [1.165, 1.54) is 0 Å². The zero-order valence-corrected chi connectivity index (χ0v) is 16.3. The fraction of sp³-hybridized carbons (Fsp3) is 0.684. The first-order chi connectivity index (χ1) is 12.8. The highest BCUT2D eigenvalue weighted by Gasteiger charge is 2.27. The molecule has 27 heavy (non-hydrogen) atoms. The lowest BCUT2D eigenvalue weighted by Crippen LogP contribution is -2.35. The van der Waals surface area contributed by atoms with Crippen LogP contribution in [-0.2, 0) is 33.3 Å². The van der Waals surface area contributed by atoms with Gasteiger partial charge in [0.25, 0.3) is 0 Å². The van der Waals surface area contributed by atoms with Crippen molar-refractivity contribution < 1.29 is 38.4 Å². The number of hydrogen-bond donors (Lipinski definition) is 1. The largest absolute Gasteiger partial charge is 0.460 e. The minimum absolute atomic E-state index is 0.153. The second kappa shape index (κ2) is 15.3. The van der Waals surface area contributed by atoms with Crippen LogP contribution in [0.5, 0.6) is 0 Å². The van der Waals surface area contributed by atoms with Crippen molar-refractivity contribution in [3.05, 3.63) is 25.3 Å². The Hall–Kier alpha value is -1.74. The molecule has 0 aromatic carbocycles. The molecule has 1 N–H and O–H groups in total. The predicted octanol–water partition coefficient (Wildman–Crippen LogP) is 1.27. The van der Waals surface area contributed by atoms with Crippen molar-refractivity contribution in [3.63, 3.8) is 0 Å². The van der Waals surface area contributed by atoms with E-state index in [1.54, 1.807) is 0 Å². The molecule has 1 atom stereocenters. The van der Waals surface area contributed by atoms with Gasteiger partial charge in [-0.25, -0.2) is 9.59 Å². The standard InChI is InChI=1S/C19H32O8/c1-5-17(21)26-13-11-23-8-7-16(20)19(3,4)15-25-10-9-24-12-14-27-18(22)6-2/h5-6,16,20H,1-2,7-15H2,3-4H3. The Bertz CT molecular complexity index is 447. The molecule has 0 bridgehead atoms. The Labute approximate surface area is 161 Å². The van der Waals surface area contributed by atoms with Crippen molar-refractivity contribution in [2.24, 2.45) is 5.41 Å². The summed E-state index contributed by atoms with van der Waals surface area (Å²) in [7, 11) is 0. The van der Waals surface area contributed by atoms with Crippen molar-refractivity contribution in [3.8, 4) is 0 Å². The van der Waals surface area contributed by atoms with E-state index < -0.39 is 23.5 Å². The summed E-state index contributed by atoms with van der Waals surface area (Å²) in [5.41, 5.74) is -0.446. The van der Waals surface area contributed by atoms with E-state index in [0.29, 0.717) is 32.8 Å². The van der Waals surface area contributed by atoms with Crippen molar-refractivity contribution in [2.45, 2.75) is 26.4 Å². The van der Waals surface area contributed by atoms with Crippen LogP contribution in [-0.4, -0.2) is 76.0 Å². The van der Waals surface area contributed by atoms with Crippen LogP contribution in [0.15, 0.2) is 25.3 Å². The molecular weight excluding hydrogens is 356 g/mol. The van der Waals surface area contributed by atoms with Crippen LogP contribution in [0.25, 0.3) is 0 Å². The first-order valence-electron chi connectivity index (χ1n) is 8.83. The molecule has 0 aromatic rings. The molecule has 0 amide bonds. The maximum absolute atomic E-state index is 10.8. The second-order valence-corrected chi connectivity index (χ2v) is 6.31. The van der Waals surface area contributed by atoms with Crippen LogP contribution in [0.3, 0.4) is 0 Å². The monoisotopic (exact) mass is 388 g/mol. The molecule has 0 saturated carbocycles. The Morgan fingerprint density at radius 2 is 1.30 bits per heavy atom. The topological polar surface area (TPSA) is 101 Å². The van der Waals surface area contributed by atoms with Gasteiger partial charge in [0.05, 0.1) is 39.1 Å². The molecule has 0 radical (unpaired) electrons. The molecule has 0 aliphatic heterocycles. The highest BCUT2D eigenvalue weighted by Crippen LogP contribution is 2.23. The number of carbonyl (C=O) groups excluding carboxylic acids is 2. The molecule has 0 rings (SSSR count). The van der Waals surface area contributed by atoms with E-state index in [9.17, 15) is 14.7 Å². The van der Waals surface area contributed by atoms with Crippen molar-refractivity contribution in [2.75, 3.05) is 52.9 Å². The van der Waals surface area contributed by atoms with Gasteiger partial charge in [0.15, 0.2) is 0 Å². The Morgan fingerprint density at radius 3 is 1.81 bits per heavy atom. The third-order valence-corrected chi connectivity index (χ3v) is 3.56. The summed E-state index contributed by atoms with van der Waals surface area (Å²) >= 11 is 0. The molecule has 0 aromatic heterocycles. The van der Waals surface area contributed by atoms with Gasteiger partial charge in [-0.2, -0.15) is 0 Å². The van der Waals surface area contributed by atoms with E-state index in [1.807, 2.05) is 13.8 Å². The van der Waals surface area contributed by atoms with E-state index >= 15 is 0 Å². The lowest BCUT2D eigenvalue weighted by molar-refractivity contribution is -0.140. The van der Waals surface area contributed by atoms with E-state index in [-0.39, 0.29) is 26.4 Å². The summed E-state index contributed by atoms with van der Waals surface area (Å²) in [5.74, 6) is -0.967. The molecule has 0 fully saturated rings. The summed E-state index contributed by atoms with van der Waals surface area (Å²) in [4.78, 5) is 21.7. The quantitative estimate of drug-likeness (QED) is 0.226. The third-order valence-electron chi connectivity index (χ3n) is 3.56. The fourth-order valence-corrected chi connectivity index (χ4v) is 1.86. The molecule has 8 heteroatoms. The van der Waals surface area contributed by atoms with E-state index in [4.69, 9.17) is 23.7 Å². The third kappa shape index (κ3) is 14.0. The number of rotatable bonds is 17. The van der Waals surface area contributed by atoms with E-state index in [0.717, 1.165) is 12.2 Å². The maximum Gasteiger partial charge on any atom is 0.330 e. The van der Waals surface area contributed by atoms with Gasteiger partial charge in [-0.1, -0.05) is 27.0 Å². The van der Waals surface area contributed by atoms with Crippen molar-refractivity contribution >= 4 is 11.9 Å². The number of ether oxygens (including phenoxy) is 5. The molecule has 0 aliphatic carbocycles. The lowest BCUT2D eigenvalue weighted by Gasteiger charge is -2.30. The minimum atomic E-state index is -0.604. The summed E-state index contributed by atoms with van der Waals surface area (Å²) in [6, 6.07) is 0. The molecule has 1 unspecified atom stereocenters. The Balaban J connectivity index is 3.67. The summed E-state index contributed by atoms with van der Waals surface area (Å²) in [6.45, 7) is 12.7. The molecule has 0 spiro atoms. The highest BCUT2D eigenvalue weighted by atomic mass is 16.6. The molecule has 0 heterocycles. The van der Waals surface area contributed by atoms with Gasteiger partial charge in [-0.3, -0.25) is 0 Å². The van der Waals surface area contributed by atoms with Gasteiger partial charge in [0.1, 0.15) is 13.2 Å². The average molecular weight is 388 g/mol. The number of aliphatic hydroxyl groups is 1. The number of esters is 2. The minimum Gasteiger partial charge on any atom is -0.460 e. The van der Waals surface area contributed by atoms with Crippen LogP contribution in [0.1, 0.15) is 20.3 Å². The first-order valence-corrected chi connectivity index (χ1v) is 8.83. The first kappa shape index (κ1) is 25.3. The number of hydrogen-bond acceptors (Lipinski definition) is 8. The van der Waals surface area contributed by atoms with Gasteiger partial charge in [-0.05, 0) is 6.42 Å². The summed E-state index contributed by atoms with van der Waals surface area (Å²) in [5, 5.41) is 10.3. The van der Waals surface area contributed by atoms with Crippen LogP contribution in [0.4, 0.5) is 0 Å². The average Bonchev–Trinajstić information content (AvgIpc) is 2.65. The van der Waals surface area contributed by atoms with Gasteiger partial charge in [0, 0.05) is 24.2 Å². The SMILES string of the molecule is C=CC(=O)OCCOCCOCC(C)(C)C(O)CCOCCOC(=O)C=C. The normalized spacial score (nSPS) is 12.3. The zero-order valence-electron chi connectivity index (χ0n) is 16.3. The molecular formula is C19H32O8. The van der Waals surface area contributed by atoms with Crippen LogP contribution >= 0.6 is 0 Å². The van der Waals surface area contributed by atoms with E-state index in [2.05, 4.69) is 13.2 Å². The lowest BCUT2D eigenvalue weighted by atomic mass is 9.86. The number of aliphatic hydroxyl groups excluding tert-OH is 1. The molecule has 156 valence electrons. The summed E-state index contributed by atoms with van der Waals surface area (Å²) < 4.78 is 25.7. The predicted molar refractivity (Wildman–Crippen MR) is 99.2 cm³/mol. The van der Waals surface area contributed by atoms with Crippen LogP contribution in [0.2, 0.25) is 0 Å². The van der Waals surface area contributed by atoms with Gasteiger partial charge in [-0.15, -0.1) is 0 Å². The summed E-state index contributed by atoms with van der Waals surface area (Å²) in [6.07, 6.45) is 2.03. The molecule has 0 aliphatic rings. The Kier molecular flexibility index (Phi) is 14.3.